The molecule has 0 aliphatic carbocycles. The van der Waals surface area contributed by atoms with Crippen molar-refractivity contribution < 1.29 is 40.5 Å². The Morgan fingerprint density at radius 3 is 2.59 bits per heavy atom. The van der Waals surface area contributed by atoms with Gasteiger partial charge >= 0.3 is 0 Å². The number of fused-ring (bicyclic) bond motifs is 6. The van der Waals surface area contributed by atoms with Crippen LogP contribution in [0.4, 0.5) is 0 Å². The molecule has 5 aromatic rings. The van der Waals surface area contributed by atoms with E-state index in [1.807, 2.05) is 17.8 Å². The molecule has 39 heavy (non-hydrogen) atoms. The van der Waals surface area contributed by atoms with Gasteiger partial charge in [0.25, 0.3) is 0 Å². The molecule has 7 rings (SSSR count). The minimum absolute atomic E-state index is 0. The summed E-state index contributed by atoms with van der Waals surface area (Å²) in [6, 6.07) is 25.7. The van der Waals surface area contributed by atoms with Crippen molar-refractivity contribution in [1.82, 2.24) is 0 Å². The number of aryl methyl sites for hydroxylation is 2. The molecule has 2 aliphatic rings. The first kappa shape index (κ1) is 25.8. The normalized spacial score (nSPS) is 13.1. The number of benzene rings is 4. The summed E-state index contributed by atoms with van der Waals surface area (Å²) < 4.78 is 25.7. The predicted molar refractivity (Wildman–Crippen MR) is 151 cm³/mol. The number of rotatable bonds is 7. The monoisotopic (exact) mass is 601 g/mol. The molecule has 0 spiro atoms. The van der Waals surface area contributed by atoms with E-state index in [0.717, 1.165) is 58.9 Å². The van der Waals surface area contributed by atoms with Crippen molar-refractivity contribution in [2.24, 2.45) is 0 Å². The second-order valence-electron chi connectivity index (χ2n) is 9.62. The molecule has 0 saturated heterocycles. The third-order valence-corrected chi connectivity index (χ3v) is 8.40. The minimum atomic E-state index is 0. The van der Waals surface area contributed by atoms with Gasteiger partial charge in [0.2, 0.25) is 12.5 Å². The molecule has 4 aromatic carbocycles. The maximum atomic E-state index is 6.38. The van der Waals surface area contributed by atoms with Crippen LogP contribution in [0.15, 0.2) is 83.9 Å². The molecule has 198 valence electrons. The number of halogens is 1. The molecule has 3 heterocycles. The molecule has 5 nitrogen and oxygen atoms in total. The summed E-state index contributed by atoms with van der Waals surface area (Å²) in [6.45, 7) is 1.82. The highest BCUT2D eigenvalue weighted by Gasteiger charge is 2.28. The highest BCUT2D eigenvalue weighted by molar-refractivity contribution is 7.99. The van der Waals surface area contributed by atoms with Crippen LogP contribution in [-0.4, -0.2) is 26.3 Å². The first-order valence-corrected chi connectivity index (χ1v) is 14.0. The van der Waals surface area contributed by atoms with Crippen molar-refractivity contribution in [2.75, 3.05) is 26.3 Å². The Balaban J connectivity index is 0.00000277. The smallest absolute Gasteiger partial charge is 0.231 e. The molecule has 7 heteroatoms. The zero-order valence-electron chi connectivity index (χ0n) is 21.6. The molecule has 0 radical (unpaired) electrons. The second kappa shape index (κ2) is 11.0. The van der Waals surface area contributed by atoms with Gasteiger partial charge in [-0.1, -0.05) is 30.3 Å². The fraction of sp³-hybridized carbons (Fsp3) is 0.219. The molecule has 0 fully saturated rings. The summed E-state index contributed by atoms with van der Waals surface area (Å²) in [7, 11) is 1.70. The summed E-state index contributed by atoms with van der Waals surface area (Å²) in [5.74, 6) is 4.23. The number of nitrogens with zero attached hydrogens (tertiary/aromatic N) is 1. The van der Waals surface area contributed by atoms with Gasteiger partial charge in [-0.2, -0.15) is 4.57 Å². The maximum absolute atomic E-state index is 6.38. The lowest BCUT2D eigenvalue weighted by molar-refractivity contribution is -0.686. The molecule has 0 bridgehead atoms. The van der Waals surface area contributed by atoms with Gasteiger partial charge in [-0.25, -0.2) is 0 Å². The second-order valence-corrected chi connectivity index (χ2v) is 10.8. The van der Waals surface area contributed by atoms with Crippen molar-refractivity contribution in [3.8, 4) is 34.3 Å². The van der Waals surface area contributed by atoms with Crippen LogP contribution in [0, 0.1) is 0 Å². The zero-order chi connectivity index (χ0) is 25.5. The van der Waals surface area contributed by atoms with Gasteiger partial charge in [0.1, 0.15) is 0 Å². The Morgan fingerprint density at radius 1 is 0.897 bits per heavy atom. The number of thioether (sulfide) groups is 1. The highest BCUT2D eigenvalue weighted by atomic mass is 79.9. The van der Waals surface area contributed by atoms with E-state index in [-0.39, 0.29) is 23.8 Å². The Labute approximate surface area is 242 Å². The van der Waals surface area contributed by atoms with E-state index in [2.05, 4.69) is 77.5 Å². The quantitative estimate of drug-likeness (QED) is 0.161. The van der Waals surface area contributed by atoms with Gasteiger partial charge < -0.3 is 35.9 Å². The first-order chi connectivity index (χ1) is 18.8. The lowest BCUT2D eigenvalue weighted by Gasteiger charge is -2.18. The number of aromatic nitrogens is 1. The third-order valence-electron chi connectivity index (χ3n) is 7.32. The Morgan fingerprint density at radius 2 is 1.72 bits per heavy atom. The Bertz CT molecular complexity index is 1690. The van der Waals surface area contributed by atoms with Gasteiger partial charge in [0.15, 0.2) is 35.7 Å². The van der Waals surface area contributed by atoms with Gasteiger partial charge in [-0.3, -0.25) is 0 Å². The van der Waals surface area contributed by atoms with Crippen LogP contribution in [0.25, 0.3) is 32.8 Å². The standard InChI is InChI=1S/C32H28NO4S.BrH/c1-34-29-10-8-23-16-28-26-18-31-30(36-20-37-31)17-24(26)11-12-33(28)19-27(23)32(29)35-13-4-14-38-25-9-7-21-5-2-3-6-22(21)15-25;/h2-3,5-10,15-19H,4,11-14,20H2,1H3;1H/q+1;/p-1. The molecule has 0 atom stereocenters. The van der Waals surface area contributed by atoms with Gasteiger partial charge in [0.05, 0.1) is 24.7 Å². The van der Waals surface area contributed by atoms with Crippen molar-refractivity contribution in [1.29, 1.82) is 0 Å². The number of hydrogen-bond acceptors (Lipinski definition) is 5. The molecular weight excluding hydrogens is 574 g/mol. The van der Waals surface area contributed by atoms with E-state index in [0.29, 0.717) is 6.61 Å². The van der Waals surface area contributed by atoms with Crippen molar-refractivity contribution in [3.05, 3.63) is 84.6 Å². The predicted octanol–water partition coefficient (Wildman–Crippen LogP) is 3.81. The highest BCUT2D eigenvalue weighted by Crippen LogP contribution is 2.41. The van der Waals surface area contributed by atoms with E-state index in [1.54, 1.807) is 7.11 Å². The maximum Gasteiger partial charge on any atom is 0.231 e. The summed E-state index contributed by atoms with van der Waals surface area (Å²) in [4.78, 5) is 1.29. The van der Waals surface area contributed by atoms with E-state index in [4.69, 9.17) is 18.9 Å². The van der Waals surface area contributed by atoms with E-state index in [1.165, 1.54) is 32.5 Å². The summed E-state index contributed by atoms with van der Waals surface area (Å²) >= 11 is 1.87. The average Bonchev–Trinajstić information content (AvgIpc) is 3.42. The van der Waals surface area contributed by atoms with E-state index in [9.17, 15) is 0 Å². The van der Waals surface area contributed by atoms with Gasteiger partial charge in [-0.15, -0.1) is 11.8 Å². The molecule has 0 N–H and O–H groups in total. The SMILES string of the molecule is COc1ccc2cc3[n+](cc2c1OCCCSc1ccc2ccccc2c1)CCc1cc2c(cc1-3)OCO2.[Br-]. The number of hydrogen-bond donors (Lipinski definition) is 0. The summed E-state index contributed by atoms with van der Waals surface area (Å²) in [5, 5.41) is 4.75. The van der Waals surface area contributed by atoms with Gasteiger partial charge in [0, 0.05) is 23.1 Å². The molecule has 0 unspecified atom stereocenters. The zero-order valence-corrected chi connectivity index (χ0v) is 24.0. The van der Waals surface area contributed by atoms with Crippen LogP contribution in [0.2, 0.25) is 0 Å². The topological polar surface area (TPSA) is 40.8 Å². The van der Waals surface area contributed by atoms with Crippen LogP contribution < -0.4 is 40.5 Å². The largest absolute Gasteiger partial charge is 1.00 e. The van der Waals surface area contributed by atoms with Crippen LogP contribution in [0.5, 0.6) is 23.0 Å². The van der Waals surface area contributed by atoms with E-state index >= 15 is 0 Å². The van der Waals surface area contributed by atoms with E-state index < -0.39 is 0 Å². The molecule has 1 aromatic heterocycles. The molecule has 0 saturated carbocycles. The number of ether oxygens (including phenoxy) is 4. The third kappa shape index (κ3) is 4.90. The van der Waals surface area contributed by atoms with Crippen LogP contribution in [-0.2, 0) is 13.0 Å². The van der Waals surface area contributed by atoms with Crippen molar-refractivity contribution in [2.45, 2.75) is 24.3 Å². The number of pyridine rings is 1. The Kier molecular flexibility index (Phi) is 7.28. The molecular formula is C32H28BrNO4S. The lowest BCUT2D eigenvalue weighted by atomic mass is 9.95. The molecule has 2 aliphatic heterocycles. The van der Waals surface area contributed by atoms with Crippen molar-refractivity contribution in [3.63, 3.8) is 0 Å². The Hall–Kier alpha value is -3.42. The van der Waals surface area contributed by atoms with Crippen LogP contribution >= 0.6 is 11.8 Å². The van der Waals surface area contributed by atoms with Crippen LogP contribution in [0.3, 0.4) is 0 Å². The number of methoxy groups -OCH3 is 1. The average molecular weight is 603 g/mol. The summed E-state index contributed by atoms with van der Waals surface area (Å²) in [5.41, 5.74) is 3.67. The molecule has 0 amide bonds. The fourth-order valence-corrected chi connectivity index (χ4v) is 6.26. The van der Waals surface area contributed by atoms with Crippen molar-refractivity contribution >= 4 is 33.3 Å². The minimum Gasteiger partial charge on any atom is -1.00 e. The summed E-state index contributed by atoms with van der Waals surface area (Å²) in [6.07, 6.45) is 4.09. The van der Waals surface area contributed by atoms with Gasteiger partial charge in [-0.05, 0) is 64.5 Å². The lowest BCUT2D eigenvalue weighted by Crippen LogP contribution is -3.00. The first-order valence-electron chi connectivity index (χ1n) is 13.0. The van der Waals surface area contributed by atoms with Crippen LogP contribution in [0.1, 0.15) is 12.0 Å². The fourth-order valence-electron chi connectivity index (χ4n) is 5.39.